The fourth-order valence-electron chi connectivity index (χ4n) is 1.16. The van der Waals surface area contributed by atoms with E-state index in [2.05, 4.69) is 5.32 Å². The summed E-state index contributed by atoms with van der Waals surface area (Å²) < 4.78 is 0. The summed E-state index contributed by atoms with van der Waals surface area (Å²) in [6, 6.07) is -0.457. The molecule has 84 valence electrons. The van der Waals surface area contributed by atoms with Gasteiger partial charge >= 0.3 is 0 Å². The molecule has 0 aromatic carbocycles. The highest BCUT2D eigenvalue weighted by Gasteiger charge is 2.13. The first-order chi connectivity index (χ1) is 6.47. The van der Waals surface area contributed by atoms with Gasteiger partial charge in [0.05, 0.1) is 12.1 Å². The number of aliphatic hydroxyl groups excluding tert-OH is 1. The molecule has 0 aliphatic rings. The summed E-state index contributed by atoms with van der Waals surface area (Å²) in [5.41, 5.74) is 5.51. The van der Waals surface area contributed by atoms with Crippen LogP contribution < -0.4 is 11.1 Å². The third-order valence-corrected chi connectivity index (χ3v) is 2.03. The maximum absolute atomic E-state index is 11.2. The van der Waals surface area contributed by atoms with Gasteiger partial charge in [0, 0.05) is 6.54 Å². The molecule has 0 rings (SSSR count). The lowest BCUT2D eigenvalue weighted by Crippen LogP contribution is -2.43. The van der Waals surface area contributed by atoms with E-state index in [0.717, 1.165) is 0 Å². The molecule has 0 aliphatic heterocycles. The number of amides is 1. The van der Waals surface area contributed by atoms with Crippen LogP contribution in [0.5, 0.6) is 0 Å². The molecule has 0 bridgehead atoms. The lowest BCUT2D eigenvalue weighted by atomic mass is 10.1. The largest absolute Gasteiger partial charge is 0.391 e. The van der Waals surface area contributed by atoms with Gasteiger partial charge in [-0.2, -0.15) is 0 Å². The smallest absolute Gasteiger partial charge is 0.236 e. The number of hydrogen-bond acceptors (Lipinski definition) is 3. The van der Waals surface area contributed by atoms with E-state index < -0.39 is 12.1 Å². The fourth-order valence-corrected chi connectivity index (χ4v) is 1.16. The second-order valence-corrected chi connectivity index (χ2v) is 4.04. The molecule has 0 aromatic rings. The lowest BCUT2D eigenvalue weighted by Gasteiger charge is -2.15. The molecule has 2 unspecified atom stereocenters. The van der Waals surface area contributed by atoms with Gasteiger partial charge in [-0.3, -0.25) is 4.79 Å². The zero-order chi connectivity index (χ0) is 11.1. The molecule has 0 aromatic heterocycles. The van der Waals surface area contributed by atoms with Gasteiger partial charge in [0.25, 0.3) is 0 Å². The fraction of sp³-hybridized carbons (Fsp3) is 0.900. The molecular weight excluding hydrogens is 180 g/mol. The van der Waals surface area contributed by atoms with Gasteiger partial charge in [-0.05, 0) is 18.8 Å². The Morgan fingerprint density at radius 3 is 2.50 bits per heavy atom. The van der Waals surface area contributed by atoms with Crippen LogP contribution in [-0.4, -0.2) is 29.7 Å². The maximum atomic E-state index is 11.2. The van der Waals surface area contributed by atoms with Gasteiger partial charge in [-0.25, -0.2) is 0 Å². The molecule has 2 atom stereocenters. The summed E-state index contributed by atoms with van der Waals surface area (Å²) in [4.78, 5) is 11.2. The van der Waals surface area contributed by atoms with Crippen LogP contribution in [-0.2, 0) is 4.79 Å². The van der Waals surface area contributed by atoms with E-state index in [9.17, 15) is 9.90 Å². The number of carbonyl (C=O) groups excluding carboxylic acids is 1. The van der Waals surface area contributed by atoms with E-state index in [1.165, 1.54) is 0 Å². The predicted molar refractivity (Wildman–Crippen MR) is 56.7 cm³/mol. The molecule has 0 radical (unpaired) electrons. The quantitative estimate of drug-likeness (QED) is 0.578. The van der Waals surface area contributed by atoms with Crippen LogP contribution in [0, 0.1) is 5.92 Å². The van der Waals surface area contributed by atoms with Crippen molar-refractivity contribution in [2.45, 2.75) is 45.8 Å². The van der Waals surface area contributed by atoms with Crippen molar-refractivity contribution in [3.63, 3.8) is 0 Å². The lowest BCUT2D eigenvalue weighted by molar-refractivity contribution is -0.122. The first-order valence-electron chi connectivity index (χ1n) is 5.18. The molecule has 0 saturated heterocycles. The molecular formula is C10H22N2O2. The summed E-state index contributed by atoms with van der Waals surface area (Å²) in [7, 11) is 0. The summed E-state index contributed by atoms with van der Waals surface area (Å²) >= 11 is 0. The van der Waals surface area contributed by atoms with Crippen LogP contribution in [0.15, 0.2) is 0 Å². The Morgan fingerprint density at radius 2 is 2.07 bits per heavy atom. The second kappa shape index (κ2) is 6.79. The van der Waals surface area contributed by atoms with Crippen molar-refractivity contribution in [3.8, 4) is 0 Å². The Labute approximate surface area is 85.9 Å². The van der Waals surface area contributed by atoms with E-state index >= 15 is 0 Å². The van der Waals surface area contributed by atoms with Crippen molar-refractivity contribution >= 4 is 5.91 Å². The van der Waals surface area contributed by atoms with Crippen molar-refractivity contribution in [3.05, 3.63) is 0 Å². The third-order valence-electron chi connectivity index (χ3n) is 2.03. The van der Waals surface area contributed by atoms with Gasteiger partial charge in [0.15, 0.2) is 0 Å². The standard InChI is InChI=1S/C10H22N2O2/c1-4-9(11)10(14)12-6-8(13)5-7(2)3/h7-9,13H,4-6,11H2,1-3H3,(H,12,14). The minimum absolute atomic E-state index is 0.185. The first kappa shape index (κ1) is 13.4. The number of hydrogen-bond donors (Lipinski definition) is 3. The maximum Gasteiger partial charge on any atom is 0.236 e. The van der Waals surface area contributed by atoms with E-state index in [4.69, 9.17) is 5.73 Å². The molecule has 1 amide bonds. The molecule has 0 heterocycles. The summed E-state index contributed by atoms with van der Waals surface area (Å²) in [6.45, 7) is 6.21. The number of nitrogens with one attached hydrogen (secondary N) is 1. The zero-order valence-electron chi connectivity index (χ0n) is 9.29. The Balaban J connectivity index is 3.66. The van der Waals surface area contributed by atoms with Crippen LogP contribution in [0.4, 0.5) is 0 Å². The third kappa shape index (κ3) is 5.94. The number of aliphatic hydroxyl groups is 1. The Hall–Kier alpha value is -0.610. The minimum atomic E-state index is -0.469. The summed E-state index contributed by atoms with van der Waals surface area (Å²) in [5.74, 6) is 0.247. The molecule has 4 N–H and O–H groups in total. The van der Waals surface area contributed by atoms with Crippen molar-refractivity contribution in [1.29, 1.82) is 0 Å². The van der Waals surface area contributed by atoms with Crippen molar-refractivity contribution in [1.82, 2.24) is 5.32 Å². The second-order valence-electron chi connectivity index (χ2n) is 4.04. The molecule has 0 saturated carbocycles. The highest BCUT2D eigenvalue weighted by molar-refractivity contribution is 5.81. The number of rotatable bonds is 6. The van der Waals surface area contributed by atoms with Crippen molar-refractivity contribution in [2.24, 2.45) is 11.7 Å². The van der Waals surface area contributed by atoms with Crippen LogP contribution >= 0.6 is 0 Å². The first-order valence-corrected chi connectivity index (χ1v) is 5.18. The summed E-state index contributed by atoms with van der Waals surface area (Å²) in [5, 5.41) is 12.1. The van der Waals surface area contributed by atoms with Crippen molar-refractivity contribution in [2.75, 3.05) is 6.54 Å². The van der Waals surface area contributed by atoms with E-state index in [0.29, 0.717) is 25.3 Å². The highest BCUT2D eigenvalue weighted by atomic mass is 16.3. The van der Waals surface area contributed by atoms with Gasteiger partial charge in [0.2, 0.25) is 5.91 Å². The van der Waals surface area contributed by atoms with Crippen LogP contribution in [0.1, 0.15) is 33.6 Å². The Bertz CT molecular complexity index is 172. The van der Waals surface area contributed by atoms with Crippen molar-refractivity contribution < 1.29 is 9.90 Å². The summed E-state index contributed by atoms with van der Waals surface area (Å²) in [6.07, 6.45) is 0.844. The van der Waals surface area contributed by atoms with Crippen LogP contribution in [0.25, 0.3) is 0 Å². The minimum Gasteiger partial charge on any atom is -0.391 e. The normalized spacial score (nSPS) is 15.3. The molecule has 0 aliphatic carbocycles. The van der Waals surface area contributed by atoms with Crippen LogP contribution in [0.3, 0.4) is 0 Å². The molecule has 0 spiro atoms. The molecule has 4 nitrogen and oxygen atoms in total. The number of nitrogens with two attached hydrogens (primary N) is 1. The predicted octanol–water partition coefficient (Wildman–Crippen LogP) is 0.247. The highest BCUT2D eigenvalue weighted by Crippen LogP contribution is 2.03. The molecule has 4 heteroatoms. The Kier molecular flexibility index (Phi) is 6.49. The zero-order valence-corrected chi connectivity index (χ0v) is 9.29. The molecule has 14 heavy (non-hydrogen) atoms. The number of carbonyl (C=O) groups is 1. The SMILES string of the molecule is CCC(N)C(=O)NCC(O)CC(C)C. The van der Waals surface area contributed by atoms with Gasteiger partial charge in [-0.15, -0.1) is 0 Å². The Morgan fingerprint density at radius 1 is 1.50 bits per heavy atom. The average Bonchev–Trinajstić information content (AvgIpc) is 2.11. The van der Waals surface area contributed by atoms with E-state index in [1.807, 2.05) is 20.8 Å². The van der Waals surface area contributed by atoms with Gasteiger partial charge in [0.1, 0.15) is 0 Å². The molecule has 0 fully saturated rings. The van der Waals surface area contributed by atoms with Crippen LogP contribution in [0.2, 0.25) is 0 Å². The van der Waals surface area contributed by atoms with E-state index in [-0.39, 0.29) is 5.91 Å². The van der Waals surface area contributed by atoms with Gasteiger partial charge < -0.3 is 16.2 Å². The monoisotopic (exact) mass is 202 g/mol. The average molecular weight is 202 g/mol. The topological polar surface area (TPSA) is 75.4 Å². The van der Waals surface area contributed by atoms with Gasteiger partial charge in [-0.1, -0.05) is 20.8 Å². The van der Waals surface area contributed by atoms with E-state index in [1.54, 1.807) is 0 Å².